The number of rotatable bonds is 6. The summed E-state index contributed by atoms with van der Waals surface area (Å²) in [5.74, 6) is -0.193. The molecule has 0 saturated carbocycles. The van der Waals surface area contributed by atoms with E-state index in [1.807, 2.05) is 0 Å². The second-order valence-electron chi connectivity index (χ2n) is 8.33. The molecular formula is C21H34N6O2. The van der Waals surface area contributed by atoms with E-state index < -0.39 is 0 Å². The molecule has 4 rings (SSSR count). The average molecular weight is 403 g/mol. The smallest absolute Gasteiger partial charge is 0.242 e. The van der Waals surface area contributed by atoms with Crippen LogP contribution in [0.4, 0.5) is 5.69 Å². The Kier molecular flexibility index (Phi) is 6.99. The minimum Gasteiger partial charge on any atom is -0.396 e. The van der Waals surface area contributed by atoms with Crippen LogP contribution < -0.4 is 26.8 Å². The molecular weight excluding hydrogens is 368 g/mol. The average Bonchev–Trinajstić information content (AvgIpc) is 3.03. The lowest BCUT2D eigenvalue weighted by molar-refractivity contribution is -0.132. The summed E-state index contributed by atoms with van der Waals surface area (Å²) in [6.07, 6.45) is 6.59. The van der Waals surface area contributed by atoms with E-state index in [1.54, 1.807) is 0 Å². The SMILES string of the molecule is O=C1NNCC2NC(N3CCCCCC3)NC(Nc3ccc(CCCO)cc3)C12. The Bertz CT molecular complexity index is 662. The summed E-state index contributed by atoms with van der Waals surface area (Å²) in [4.78, 5) is 15.1. The molecule has 29 heavy (non-hydrogen) atoms. The number of fused-ring (bicyclic) bond motifs is 1. The molecule has 1 aromatic rings. The molecule has 3 fully saturated rings. The van der Waals surface area contributed by atoms with E-state index in [2.05, 4.69) is 56.0 Å². The number of hydrazine groups is 1. The van der Waals surface area contributed by atoms with Gasteiger partial charge in [-0.25, -0.2) is 5.43 Å². The van der Waals surface area contributed by atoms with Crippen molar-refractivity contribution in [2.24, 2.45) is 5.92 Å². The Labute approximate surface area is 172 Å². The lowest BCUT2D eigenvalue weighted by Gasteiger charge is -2.48. The quantitative estimate of drug-likeness (QED) is 0.408. The molecule has 4 unspecified atom stereocenters. The first-order valence-electron chi connectivity index (χ1n) is 11.0. The molecule has 8 heteroatoms. The number of carbonyl (C=O) groups excluding carboxylic acids is 1. The van der Waals surface area contributed by atoms with Crippen LogP contribution in [-0.2, 0) is 11.2 Å². The molecule has 0 bridgehead atoms. The minimum absolute atomic E-state index is 0.00707. The van der Waals surface area contributed by atoms with Gasteiger partial charge in [-0.15, -0.1) is 0 Å². The van der Waals surface area contributed by atoms with Crippen molar-refractivity contribution in [1.29, 1.82) is 0 Å². The third kappa shape index (κ3) is 5.07. The van der Waals surface area contributed by atoms with Gasteiger partial charge in [0.1, 0.15) is 6.29 Å². The Hall–Kier alpha value is -1.71. The van der Waals surface area contributed by atoms with Gasteiger partial charge in [-0.3, -0.25) is 25.8 Å². The zero-order chi connectivity index (χ0) is 20.1. The highest BCUT2D eigenvalue weighted by Crippen LogP contribution is 2.23. The van der Waals surface area contributed by atoms with Crippen LogP contribution in [0.1, 0.15) is 37.7 Å². The Morgan fingerprint density at radius 2 is 1.83 bits per heavy atom. The zero-order valence-electron chi connectivity index (χ0n) is 17.0. The van der Waals surface area contributed by atoms with Crippen molar-refractivity contribution in [1.82, 2.24) is 26.4 Å². The molecule has 1 amide bonds. The maximum Gasteiger partial charge on any atom is 0.242 e. The Morgan fingerprint density at radius 1 is 1.07 bits per heavy atom. The van der Waals surface area contributed by atoms with Crippen molar-refractivity contribution < 1.29 is 9.90 Å². The molecule has 3 aliphatic rings. The van der Waals surface area contributed by atoms with Crippen molar-refractivity contribution in [3.63, 3.8) is 0 Å². The minimum atomic E-state index is -0.200. The molecule has 0 aromatic heterocycles. The van der Waals surface area contributed by atoms with E-state index in [0.717, 1.165) is 31.6 Å². The van der Waals surface area contributed by atoms with Crippen LogP contribution in [-0.4, -0.2) is 60.7 Å². The Balaban J connectivity index is 1.47. The normalized spacial score (nSPS) is 30.9. The van der Waals surface area contributed by atoms with E-state index >= 15 is 0 Å². The first kappa shape index (κ1) is 20.6. The molecule has 4 atom stereocenters. The van der Waals surface area contributed by atoms with Gasteiger partial charge < -0.3 is 10.4 Å². The molecule has 0 aliphatic carbocycles. The molecule has 0 radical (unpaired) electrons. The fraction of sp³-hybridized carbons (Fsp3) is 0.667. The third-order valence-corrected chi connectivity index (χ3v) is 6.24. The van der Waals surface area contributed by atoms with Crippen molar-refractivity contribution in [3.05, 3.63) is 29.8 Å². The van der Waals surface area contributed by atoms with Crippen LogP contribution >= 0.6 is 0 Å². The van der Waals surface area contributed by atoms with Gasteiger partial charge in [-0.1, -0.05) is 25.0 Å². The lowest BCUT2D eigenvalue weighted by atomic mass is 9.91. The number of carbonyl (C=O) groups is 1. The standard InChI is InChI=1S/C21H34N6O2/c28-13-5-6-15-7-9-16(10-8-15)23-19-18-17(14-22-26-20(18)29)24-21(25-19)27-11-3-1-2-4-12-27/h7-10,17-19,21-25,28H,1-6,11-14H2,(H,26,29). The number of aliphatic hydroxyl groups is 1. The van der Waals surface area contributed by atoms with Gasteiger partial charge in [-0.2, -0.15) is 0 Å². The number of aliphatic hydroxyl groups excluding tert-OH is 1. The number of aryl methyl sites for hydroxylation is 1. The summed E-state index contributed by atoms with van der Waals surface area (Å²) in [5.41, 5.74) is 8.02. The summed E-state index contributed by atoms with van der Waals surface area (Å²) in [7, 11) is 0. The van der Waals surface area contributed by atoms with Crippen LogP contribution in [0.25, 0.3) is 0 Å². The highest BCUT2D eigenvalue weighted by molar-refractivity contribution is 5.81. The maximum atomic E-state index is 12.6. The van der Waals surface area contributed by atoms with Crippen LogP contribution in [0.15, 0.2) is 24.3 Å². The van der Waals surface area contributed by atoms with Crippen LogP contribution in [0.3, 0.4) is 0 Å². The van der Waals surface area contributed by atoms with Crippen molar-refractivity contribution >= 4 is 11.6 Å². The number of hydrogen-bond donors (Lipinski definition) is 6. The van der Waals surface area contributed by atoms with E-state index in [4.69, 9.17) is 5.11 Å². The number of nitrogens with zero attached hydrogens (tertiary/aromatic N) is 1. The predicted octanol–water partition coefficient (Wildman–Crippen LogP) is 0.321. The summed E-state index contributed by atoms with van der Waals surface area (Å²) in [6.45, 7) is 3.08. The lowest BCUT2D eigenvalue weighted by Crippen LogP contribution is -2.76. The first-order chi connectivity index (χ1) is 14.2. The summed E-state index contributed by atoms with van der Waals surface area (Å²) in [6, 6.07) is 8.37. The first-order valence-corrected chi connectivity index (χ1v) is 11.0. The van der Waals surface area contributed by atoms with E-state index in [9.17, 15) is 4.79 Å². The van der Waals surface area contributed by atoms with Crippen LogP contribution in [0, 0.1) is 5.92 Å². The number of nitrogens with one attached hydrogen (secondary N) is 5. The second-order valence-corrected chi connectivity index (χ2v) is 8.33. The molecule has 160 valence electrons. The predicted molar refractivity (Wildman–Crippen MR) is 113 cm³/mol. The van der Waals surface area contributed by atoms with Gasteiger partial charge in [0, 0.05) is 38.0 Å². The molecule has 6 N–H and O–H groups in total. The fourth-order valence-corrected chi connectivity index (χ4v) is 4.64. The molecule has 3 saturated heterocycles. The van der Waals surface area contributed by atoms with Crippen molar-refractivity contribution in [2.75, 3.05) is 31.6 Å². The monoisotopic (exact) mass is 402 g/mol. The number of hydrogen-bond acceptors (Lipinski definition) is 7. The molecule has 3 heterocycles. The molecule has 3 aliphatic heterocycles. The van der Waals surface area contributed by atoms with E-state index in [-0.39, 0.29) is 36.9 Å². The number of benzene rings is 1. The Morgan fingerprint density at radius 3 is 2.55 bits per heavy atom. The number of anilines is 1. The van der Waals surface area contributed by atoms with Crippen LogP contribution in [0.5, 0.6) is 0 Å². The van der Waals surface area contributed by atoms with Gasteiger partial charge in [0.15, 0.2) is 0 Å². The summed E-state index contributed by atoms with van der Waals surface area (Å²) < 4.78 is 0. The van der Waals surface area contributed by atoms with Crippen molar-refractivity contribution in [3.8, 4) is 0 Å². The highest BCUT2D eigenvalue weighted by Gasteiger charge is 2.44. The van der Waals surface area contributed by atoms with Gasteiger partial charge in [0.2, 0.25) is 5.91 Å². The summed E-state index contributed by atoms with van der Waals surface area (Å²) >= 11 is 0. The topological polar surface area (TPSA) is 101 Å². The van der Waals surface area contributed by atoms with E-state index in [0.29, 0.717) is 6.54 Å². The van der Waals surface area contributed by atoms with Crippen LogP contribution in [0.2, 0.25) is 0 Å². The van der Waals surface area contributed by atoms with Gasteiger partial charge in [-0.05, 0) is 43.4 Å². The number of likely N-dealkylation sites (tertiary alicyclic amines) is 1. The molecule has 8 nitrogen and oxygen atoms in total. The third-order valence-electron chi connectivity index (χ3n) is 6.24. The molecule has 0 spiro atoms. The molecule has 1 aromatic carbocycles. The highest BCUT2D eigenvalue weighted by atomic mass is 16.3. The maximum absolute atomic E-state index is 12.6. The van der Waals surface area contributed by atoms with E-state index in [1.165, 1.54) is 31.2 Å². The largest absolute Gasteiger partial charge is 0.396 e. The fourth-order valence-electron chi connectivity index (χ4n) is 4.64. The number of amides is 1. The van der Waals surface area contributed by atoms with Crippen molar-refractivity contribution in [2.45, 2.75) is 57.0 Å². The zero-order valence-corrected chi connectivity index (χ0v) is 17.0. The van der Waals surface area contributed by atoms with Gasteiger partial charge >= 0.3 is 0 Å². The van der Waals surface area contributed by atoms with Gasteiger partial charge in [0.25, 0.3) is 0 Å². The van der Waals surface area contributed by atoms with Gasteiger partial charge in [0.05, 0.1) is 12.1 Å². The second kappa shape index (κ2) is 9.86. The summed E-state index contributed by atoms with van der Waals surface area (Å²) in [5, 5.41) is 19.9.